The largest absolute Gasteiger partial charge is 0.352 e. The third-order valence-corrected chi connectivity index (χ3v) is 9.14. The second-order valence-corrected chi connectivity index (χ2v) is 12.1. The number of hydrogen-bond acceptors (Lipinski definition) is 6. The number of non-ortho nitro benzene ring substituents is 1. The van der Waals surface area contributed by atoms with Gasteiger partial charge in [0.05, 0.1) is 15.5 Å². The number of halogens is 1. The van der Waals surface area contributed by atoms with Crippen LogP contribution in [0.15, 0.2) is 83.8 Å². The normalized spacial score (nSPS) is 14.5. The van der Waals surface area contributed by atoms with Gasteiger partial charge < -0.3 is 10.2 Å². The summed E-state index contributed by atoms with van der Waals surface area (Å²) in [5.74, 6) is -1.79. The predicted molar refractivity (Wildman–Crippen MR) is 155 cm³/mol. The van der Waals surface area contributed by atoms with Crippen LogP contribution in [0.2, 0.25) is 0 Å². The molecule has 12 heteroatoms. The number of carbonyl (C=O) groups excluding carboxylic acids is 2. The number of anilines is 1. The Morgan fingerprint density at radius 1 is 1.00 bits per heavy atom. The van der Waals surface area contributed by atoms with Gasteiger partial charge >= 0.3 is 0 Å². The first kappa shape index (κ1) is 30.6. The number of nitro benzene ring substituents is 1. The maximum absolute atomic E-state index is 14.7. The van der Waals surface area contributed by atoms with E-state index in [9.17, 15) is 32.5 Å². The number of carbonyl (C=O) groups is 2. The van der Waals surface area contributed by atoms with Crippen molar-refractivity contribution < 1.29 is 27.3 Å². The highest BCUT2D eigenvalue weighted by Gasteiger charge is 2.34. The summed E-state index contributed by atoms with van der Waals surface area (Å²) in [6.07, 6.45) is 4.67. The van der Waals surface area contributed by atoms with Crippen molar-refractivity contribution in [2.75, 3.05) is 10.8 Å². The summed E-state index contributed by atoms with van der Waals surface area (Å²) in [4.78, 5) is 39.1. The van der Waals surface area contributed by atoms with Crippen molar-refractivity contribution in [2.24, 2.45) is 0 Å². The first-order valence-corrected chi connectivity index (χ1v) is 15.2. The van der Waals surface area contributed by atoms with E-state index in [1.165, 1.54) is 67.6 Å². The van der Waals surface area contributed by atoms with Crippen molar-refractivity contribution in [2.45, 2.75) is 62.6 Å². The third kappa shape index (κ3) is 7.30. The Bertz CT molecular complexity index is 1530. The molecule has 1 aliphatic carbocycles. The zero-order valence-electron chi connectivity index (χ0n) is 23.2. The molecule has 1 atom stereocenters. The molecule has 0 bridgehead atoms. The molecule has 1 aliphatic rings. The van der Waals surface area contributed by atoms with Gasteiger partial charge in [-0.2, -0.15) is 0 Å². The Hall–Kier alpha value is -4.32. The number of amides is 2. The fraction of sp³-hybridized carbons (Fsp3) is 0.333. The number of hydrogen-bond donors (Lipinski definition) is 1. The van der Waals surface area contributed by atoms with E-state index in [0.717, 1.165) is 47.4 Å². The van der Waals surface area contributed by atoms with Crippen LogP contribution in [-0.2, 0) is 26.2 Å². The molecule has 42 heavy (non-hydrogen) atoms. The molecule has 3 aromatic carbocycles. The lowest BCUT2D eigenvalue weighted by Crippen LogP contribution is -2.53. The van der Waals surface area contributed by atoms with E-state index in [1.54, 1.807) is 12.1 Å². The minimum Gasteiger partial charge on any atom is -0.352 e. The van der Waals surface area contributed by atoms with Crippen molar-refractivity contribution in [1.82, 2.24) is 10.2 Å². The molecule has 222 valence electrons. The highest BCUT2D eigenvalue weighted by Crippen LogP contribution is 2.28. The summed E-state index contributed by atoms with van der Waals surface area (Å²) in [6.45, 7) is 0.438. The zero-order chi connectivity index (χ0) is 30.3. The van der Waals surface area contributed by atoms with Crippen molar-refractivity contribution in [3.05, 3.63) is 100 Å². The zero-order valence-corrected chi connectivity index (χ0v) is 24.0. The van der Waals surface area contributed by atoms with E-state index < -0.39 is 45.2 Å². The van der Waals surface area contributed by atoms with E-state index in [0.29, 0.717) is 0 Å². The lowest BCUT2D eigenvalue weighted by molar-refractivity contribution is -0.384. The van der Waals surface area contributed by atoms with Crippen LogP contribution in [0, 0.1) is 15.9 Å². The topological polar surface area (TPSA) is 130 Å². The van der Waals surface area contributed by atoms with Crippen LogP contribution in [0.4, 0.5) is 15.8 Å². The van der Waals surface area contributed by atoms with E-state index in [4.69, 9.17) is 0 Å². The van der Waals surface area contributed by atoms with Gasteiger partial charge in [0.25, 0.3) is 15.7 Å². The lowest BCUT2D eigenvalue weighted by Gasteiger charge is -2.33. The molecule has 0 spiro atoms. The molecule has 10 nitrogen and oxygen atoms in total. The molecule has 0 saturated heterocycles. The Balaban J connectivity index is 1.71. The predicted octanol–water partition coefficient (Wildman–Crippen LogP) is 4.80. The highest BCUT2D eigenvalue weighted by atomic mass is 32.2. The van der Waals surface area contributed by atoms with Gasteiger partial charge in [-0.3, -0.25) is 24.0 Å². The number of nitro groups is 1. The Morgan fingerprint density at radius 3 is 2.33 bits per heavy atom. The van der Waals surface area contributed by atoms with Gasteiger partial charge in [0.15, 0.2) is 0 Å². The Labute approximate surface area is 244 Å². The first-order chi connectivity index (χ1) is 20.1. The molecule has 2 amide bonds. The Morgan fingerprint density at radius 2 is 1.67 bits per heavy atom. The number of nitrogens with zero attached hydrogens (tertiary/aromatic N) is 3. The fourth-order valence-corrected chi connectivity index (χ4v) is 6.40. The van der Waals surface area contributed by atoms with Crippen molar-refractivity contribution in [1.29, 1.82) is 0 Å². The fourth-order valence-electron chi connectivity index (χ4n) is 4.97. The molecule has 1 N–H and O–H groups in total. The summed E-state index contributed by atoms with van der Waals surface area (Å²) < 4.78 is 43.1. The molecule has 0 radical (unpaired) electrons. The maximum Gasteiger partial charge on any atom is 0.271 e. The molecule has 0 aromatic heterocycles. The quantitative estimate of drug-likeness (QED) is 0.250. The number of sulfonamides is 1. The van der Waals surface area contributed by atoms with Gasteiger partial charge in [-0.1, -0.05) is 61.7 Å². The van der Waals surface area contributed by atoms with Crippen LogP contribution in [0.25, 0.3) is 0 Å². The average Bonchev–Trinajstić information content (AvgIpc) is 3.00. The molecular weight excluding hydrogens is 563 g/mol. The summed E-state index contributed by atoms with van der Waals surface area (Å²) in [5.41, 5.74) is -0.320. The second kappa shape index (κ2) is 13.6. The van der Waals surface area contributed by atoms with Gasteiger partial charge in [-0.15, -0.1) is 0 Å². The van der Waals surface area contributed by atoms with E-state index in [1.807, 2.05) is 0 Å². The molecule has 1 fully saturated rings. The minimum atomic E-state index is -4.39. The van der Waals surface area contributed by atoms with Gasteiger partial charge in [-0.25, -0.2) is 12.8 Å². The molecule has 0 aliphatic heterocycles. The SMILES string of the molecule is C[C@@H](C(=O)NC1CCCCC1)N(Cc1ccccc1F)C(=O)CN(c1cccc([N+](=O)[O-])c1)S(=O)(=O)c1ccccc1. The van der Waals surface area contributed by atoms with E-state index >= 15 is 0 Å². The summed E-state index contributed by atoms with van der Waals surface area (Å²) >= 11 is 0. The average molecular weight is 597 g/mol. The van der Waals surface area contributed by atoms with Gasteiger partial charge in [0.2, 0.25) is 11.8 Å². The van der Waals surface area contributed by atoms with Crippen LogP contribution in [0.5, 0.6) is 0 Å². The van der Waals surface area contributed by atoms with Crippen LogP contribution < -0.4 is 9.62 Å². The van der Waals surface area contributed by atoms with Crippen LogP contribution in [0.1, 0.15) is 44.6 Å². The Kier molecular flexibility index (Phi) is 9.89. The molecule has 4 rings (SSSR count). The van der Waals surface area contributed by atoms with Crippen molar-refractivity contribution in [3.63, 3.8) is 0 Å². The summed E-state index contributed by atoms with van der Waals surface area (Å²) in [5, 5.41) is 14.5. The maximum atomic E-state index is 14.7. The number of benzene rings is 3. The molecule has 0 unspecified atom stereocenters. The minimum absolute atomic E-state index is 0.0426. The van der Waals surface area contributed by atoms with Gasteiger partial charge in [0.1, 0.15) is 18.4 Å². The van der Waals surface area contributed by atoms with Crippen LogP contribution in [0.3, 0.4) is 0 Å². The first-order valence-electron chi connectivity index (χ1n) is 13.7. The van der Waals surface area contributed by atoms with Gasteiger partial charge in [0, 0.05) is 30.3 Å². The summed E-state index contributed by atoms with van der Waals surface area (Å²) in [6, 6.07) is 17.0. The molecule has 1 saturated carbocycles. The number of nitrogens with one attached hydrogen (secondary N) is 1. The lowest BCUT2D eigenvalue weighted by atomic mass is 9.95. The van der Waals surface area contributed by atoms with Crippen LogP contribution in [-0.4, -0.2) is 48.7 Å². The molecule has 3 aromatic rings. The number of rotatable bonds is 11. The third-order valence-electron chi connectivity index (χ3n) is 7.36. The smallest absolute Gasteiger partial charge is 0.271 e. The monoisotopic (exact) mass is 596 g/mol. The standard InChI is InChI=1S/C30H33FN4O6S/c1-22(30(37)32-24-12-4-2-5-13-24)33(20-23-11-8-9-18-28(23)31)29(36)21-34(25-14-10-15-26(19-25)35(38)39)42(40,41)27-16-6-3-7-17-27/h3,6-11,14-19,22,24H,2,4-5,12-13,20-21H2,1H3,(H,32,37)/t22-/m0/s1. The second-order valence-electron chi connectivity index (χ2n) is 10.2. The van der Waals surface area contributed by atoms with Crippen molar-refractivity contribution >= 4 is 33.2 Å². The van der Waals surface area contributed by atoms with E-state index in [2.05, 4.69) is 5.32 Å². The van der Waals surface area contributed by atoms with E-state index in [-0.39, 0.29) is 34.4 Å². The van der Waals surface area contributed by atoms with Gasteiger partial charge in [-0.05, 0) is 44.0 Å². The van der Waals surface area contributed by atoms with Crippen LogP contribution >= 0.6 is 0 Å². The molecular formula is C30H33FN4O6S. The molecule has 0 heterocycles. The highest BCUT2D eigenvalue weighted by molar-refractivity contribution is 7.92. The summed E-state index contributed by atoms with van der Waals surface area (Å²) in [7, 11) is -4.39. The van der Waals surface area contributed by atoms with Crippen molar-refractivity contribution in [3.8, 4) is 0 Å².